The van der Waals surface area contributed by atoms with E-state index in [9.17, 15) is 24.5 Å². The van der Waals surface area contributed by atoms with Crippen LogP contribution in [0, 0.1) is 10.1 Å². The highest BCUT2D eigenvalue weighted by molar-refractivity contribution is 9.10. The standard InChI is InChI=1S/C21H18BrN3O6/c1-2-3-10-31-18-9-4-14(22)11-13(18)12-17-19(26)23-21(28)24(20(17)27)15-5-7-16(8-6-15)25(29)30/h4-9,11-12H,2-3,10H2,1H3,(H,23,26,28). The number of nitrogens with zero attached hydrogens (tertiary/aromatic N) is 2. The maximum absolute atomic E-state index is 13.0. The minimum atomic E-state index is -0.935. The van der Waals surface area contributed by atoms with Crippen LogP contribution in [0.3, 0.4) is 0 Å². The van der Waals surface area contributed by atoms with Crippen LogP contribution in [0.25, 0.3) is 6.08 Å². The second-order valence-corrected chi connectivity index (χ2v) is 7.53. The van der Waals surface area contributed by atoms with Gasteiger partial charge in [-0.05, 0) is 42.8 Å². The van der Waals surface area contributed by atoms with Crippen molar-refractivity contribution in [2.45, 2.75) is 19.8 Å². The summed E-state index contributed by atoms with van der Waals surface area (Å²) >= 11 is 3.36. The van der Waals surface area contributed by atoms with E-state index in [-0.39, 0.29) is 16.9 Å². The Kier molecular flexibility index (Phi) is 6.81. The molecule has 3 rings (SSSR count). The van der Waals surface area contributed by atoms with Gasteiger partial charge in [-0.1, -0.05) is 29.3 Å². The van der Waals surface area contributed by atoms with Crippen LogP contribution in [0.1, 0.15) is 25.3 Å². The van der Waals surface area contributed by atoms with Crippen LogP contribution in [0.15, 0.2) is 52.5 Å². The predicted octanol–water partition coefficient (Wildman–Crippen LogP) is 4.20. The molecule has 160 valence electrons. The number of hydrogen-bond acceptors (Lipinski definition) is 6. The molecule has 2 aromatic carbocycles. The lowest BCUT2D eigenvalue weighted by atomic mass is 10.1. The quantitative estimate of drug-likeness (QED) is 0.205. The fourth-order valence-electron chi connectivity index (χ4n) is 2.86. The summed E-state index contributed by atoms with van der Waals surface area (Å²) < 4.78 is 6.48. The molecule has 0 bridgehead atoms. The Morgan fingerprint density at radius 1 is 1.16 bits per heavy atom. The predicted molar refractivity (Wildman–Crippen MR) is 117 cm³/mol. The van der Waals surface area contributed by atoms with Crippen molar-refractivity contribution in [2.24, 2.45) is 0 Å². The van der Waals surface area contributed by atoms with Crippen molar-refractivity contribution >= 4 is 51.2 Å². The van der Waals surface area contributed by atoms with E-state index in [0.717, 1.165) is 17.7 Å². The zero-order valence-electron chi connectivity index (χ0n) is 16.5. The molecule has 0 spiro atoms. The fourth-order valence-corrected chi connectivity index (χ4v) is 3.24. The van der Waals surface area contributed by atoms with E-state index >= 15 is 0 Å². The van der Waals surface area contributed by atoms with Gasteiger partial charge in [-0.3, -0.25) is 25.0 Å². The molecule has 31 heavy (non-hydrogen) atoms. The number of imide groups is 2. The normalized spacial score (nSPS) is 15.2. The Labute approximate surface area is 186 Å². The summed E-state index contributed by atoms with van der Waals surface area (Å²) in [5.41, 5.74) is 0.127. The van der Waals surface area contributed by atoms with E-state index < -0.39 is 22.8 Å². The molecular formula is C21H18BrN3O6. The zero-order chi connectivity index (χ0) is 22.5. The lowest BCUT2D eigenvalue weighted by Gasteiger charge is -2.26. The summed E-state index contributed by atoms with van der Waals surface area (Å²) in [6, 6.07) is 9.13. The van der Waals surface area contributed by atoms with Gasteiger partial charge in [-0.2, -0.15) is 0 Å². The first-order valence-electron chi connectivity index (χ1n) is 9.40. The van der Waals surface area contributed by atoms with Crippen molar-refractivity contribution in [2.75, 3.05) is 11.5 Å². The Morgan fingerprint density at radius 2 is 1.87 bits per heavy atom. The highest BCUT2D eigenvalue weighted by Gasteiger charge is 2.37. The van der Waals surface area contributed by atoms with Gasteiger partial charge in [0.1, 0.15) is 11.3 Å². The number of amides is 4. The molecule has 1 aliphatic heterocycles. The van der Waals surface area contributed by atoms with Gasteiger partial charge < -0.3 is 4.74 Å². The van der Waals surface area contributed by atoms with Crippen molar-refractivity contribution in [3.8, 4) is 5.75 Å². The number of nitrogens with one attached hydrogen (secondary N) is 1. The number of unbranched alkanes of at least 4 members (excludes halogenated alkanes) is 1. The Hall–Kier alpha value is -3.53. The molecule has 0 radical (unpaired) electrons. The van der Waals surface area contributed by atoms with E-state index in [0.29, 0.717) is 22.4 Å². The largest absolute Gasteiger partial charge is 0.493 e. The molecule has 1 N–H and O–H groups in total. The molecular weight excluding hydrogens is 470 g/mol. The SMILES string of the molecule is CCCCOc1ccc(Br)cc1C=C1C(=O)NC(=O)N(c2ccc([N+](=O)[O-])cc2)C1=O. The van der Waals surface area contributed by atoms with Crippen LogP contribution in [-0.4, -0.2) is 29.4 Å². The van der Waals surface area contributed by atoms with Gasteiger partial charge in [0.05, 0.1) is 17.2 Å². The summed E-state index contributed by atoms with van der Waals surface area (Å²) in [4.78, 5) is 48.7. The number of nitro benzene ring substituents is 1. The lowest BCUT2D eigenvalue weighted by molar-refractivity contribution is -0.384. The first-order chi connectivity index (χ1) is 14.8. The fraction of sp³-hybridized carbons (Fsp3) is 0.190. The molecule has 4 amide bonds. The number of hydrogen-bond donors (Lipinski definition) is 1. The van der Waals surface area contributed by atoms with Gasteiger partial charge in [0.2, 0.25) is 0 Å². The Morgan fingerprint density at radius 3 is 2.52 bits per heavy atom. The van der Waals surface area contributed by atoms with Crippen molar-refractivity contribution < 1.29 is 24.0 Å². The van der Waals surface area contributed by atoms with Crippen molar-refractivity contribution in [3.05, 3.63) is 68.2 Å². The number of benzene rings is 2. The molecule has 1 saturated heterocycles. The first-order valence-corrected chi connectivity index (χ1v) is 10.2. The third-order valence-corrected chi connectivity index (χ3v) is 4.94. The molecule has 0 saturated carbocycles. The van der Waals surface area contributed by atoms with Gasteiger partial charge >= 0.3 is 6.03 Å². The molecule has 1 aliphatic rings. The zero-order valence-corrected chi connectivity index (χ0v) is 18.0. The second kappa shape index (κ2) is 9.52. The van der Waals surface area contributed by atoms with Crippen LogP contribution in [0.5, 0.6) is 5.75 Å². The third kappa shape index (κ3) is 4.97. The Balaban J connectivity index is 1.97. The monoisotopic (exact) mass is 487 g/mol. The summed E-state index contributed by atoms with van der Waals surface area (Å²) in [5.74, 6) is -1.20. The minimum Gasteiger partial charge on any atom is -0.493 e. The number of carbonyl (C=O) groups excluding carboxylic acids is 3. The van der Waals surface area contributed by atoms with Gasteiger partial charge in [-0.15, -0.1) is 0 Å². The maximum Gasteiger partial charge on any atom is 0.335 e. The third-order valence-electron chi connectivity index (χ3n) is 4.45. The molecule has 0 aromatic heterocycles. The van der Waals surface area contributed by atoms with Crippen LogP contribution in [0.2, 0.25) is 0 Å². The molecule has 0 atom stereocenters. The number of nitro groups is 1. The average molecular weight is 488 g/mol. The summed E-state index contributed by atoms with van der Waals surface area (Å²) in [6.45, 7) is 2.50. The van der Waals surface area contributed by atoms with E-state index in [4.69, 9.17) is 4.74 Å². The number of non-ortho nitro benzene ring substituents is 1. The molecule has 0 aliphatic carbocycles. The molecule has 10 heteroatoms. The Bertz CT molecular complexity index is 1080. The number of halogens is 1. The van der Waals surface area contributed by atoms with E-state index in [1.165, 1.54) is 30.3 Å². The molecule has 2 aromatic rings. The molecule has 1 heterocycles. The number of urea groups is 1. The number of ether oxygens (including phenoxy) is 1. The van der Waals surface area contributed by atoms with Gasteiger partial charge in [0.25, 0.3) is 17.5 Å². The highest BCUT2D eigenvalue weighted by Crippen LogP contribution is 2.29. The average Bonchev–Trinajstić information content (AvgIpc) is 2.73. The maximum atomic E-state index is 13.0. The number of carbonyl (C=O) groups is 3. The number of barbiturate groups is 1. The number of anilines is 1. The van der Waals surface area contributed by atoms with Crippen LogP contribution in [-0.2, 0) is 9.59 Å². The minimum absolute atomic E-state index is 0.0974. The second-order valence-electron chi connectivity index (χ2n) is 6.62. The van der Waals surface area contributed by atoms with Gasteiger partial charge in [0, 0.05) is 22.2 Å². The molecule has 0 unspecified atom stereocenters. The summed E-state index contributed by atoms with van der Waals surface area (Å²) in [7, 11) is 0. The van der Waals surface area contributed by atoms with Gasteiger partial charge in [0.15, 0.2) is 0 Å². The number of rotatable bonds is 7. The smallest absolute Gasteiger partial charge is 0.335 e. The van der Waals surface area contributed by atoms with E-state index in [1.807, 2.05) is 6.92 Å². The van der Waals surface area contributed by atoms with E-state index in [2.05, 4.69) is 21.2 Å². The van der Waals surface area contributed by atoms with Crippen LogP contribution < -0.4 is 15.0 Å². The summed E-state index contributed by atoms with van der Waals surface area (Å²) in [6.07, 6.45) is 3.14. The topological polar surface area (TPSA) is 119 Å². The van der Waals surface area contributed by atoms with Gasteiger partial charge in [-0.25, -0.2) is 9.69 Å². The lowest BCUT2D eigenvalue weighted by Crippen LogP contribution is -2.54. The van der Waals surface area contributed by atoms with Crippen molar-refractivity contribution in [1.29, 1.82) is 0 Å². The van der Waals surface area contributed by atoms with Crippen molar-refractivity contribution in [1.82, 2.24) is 5.32 Å². The van der Waals surface area contributed by atoms with Crippen LogP contribution in [0.4, 0.5) is 16.2 Å². The van der Waals surface area contributed by atoms with E-state index in [1.54, 1.807) is 18.2 Å². The highest BCUT2D eigenvalue weighted by atomic mass is 79.9. The van der Waals surface area contributed by atoms with Crippen LogP contribution >= 0.6 is 15.9 Å². The molecule has 1 fully saturated rings. The summed E-state index contributed by atoms with van der Waals surface area (Å²) in [5, 5.41) is 13.0. The first kappa shape index (κ1) is 22.2. The molecule has 9 nitrogen and oxygen atoms in total. The van der Waals surface area contributed by atoms with Crippen molar-refractivity contribution in [3.63, 3.8) is 0 Å².